The van der Waals surface area contributed by atoms with E-state index >= 15 is 0 Å². The molecule has 2 N–H and O–H groups in total. The van der Waals surface area contributed by atoms with Gasteiger partial charge in [0.2, 0.25) is 0 Å². The number of morpholine rings is 1. The van der Waals surface area contributed by atoms with Crippen LogP contribution >= 0.6 is 0 Å². The lowest BCUT2D eigenvalue weighted by atomic mass is 10.1. The van der Waals surface area contributed by atoms with Crippen LogP contribution in [0, 0.1) is 0 Å². The van der Waals surface area contributed by atoms with E-state index in [1.54, 1.807) is 7.11 Å². The quantitative estimate of drug-likeness (QED) is 0.678. The molecule has 3 atom stereocenters. The van der Waals surface area contributed by atoms with Crippen molar-refractivity contribution in [2.45, 2.75) is 31.4 Å². The fraction of sp³-hybridized carbons (Fsp3) is 0.562. The van der Waals surface area contributed by atoms with Gasteiger partial charge in [-0.05, 0) is 31.0 Å². The Hall–Kier alpha value is -1.75. The molecule has 0 aromatic heterocycles. The van der Waals surface area contributed by atoms with Gasteiger partial charge in [-0.25, -0.2) is 4.99 Å². The van der Waals surface area contributed by atoms with E-state index in [0.717, 1.165) is 31.9 Å². The second kappa shape index (κ2) is 5.93. The molecule has 1 aliphatic heterocycles. The minimum atomic E-state index is 0.223. The molecule has 5 heteroatoms. The van der Waals surface area contributed by atoms with E-state index in [1.165, 1.54) is 5.56 Å². The fourth-order valence-electron chi connectivity index (χ4n) is 2.83. The molecule has 0 spiro atoms. The summed E-state index contributed by atoms with van der Waals surface area (Å²) in [4.78, 5) is 6.80. The van der Waals surface area contributed by atoms with Crippen LogP contribution in [0.15, 0.2) is 29.3 Å². The van der Waals surface area contributed by atoms with Crippen LogP contribution in [0.1, 0.15) is 24.8 Å². The molecular weight excluding hydrogens is 266 g/mol. The zero-order valence-electron chi connectivity index (χ0n) is 12.7. The van der Waals surface area contributed by atoms with Gasteiger partial charge in [-0.2, -0.15) is 0 Å². The molecule has 0 radical (unpaired) electrons. The Bertz CT molecular complexity index is 532. The predicted molar refractivity (Wildman–Crippen MR) is 82.7 cm³/mol. The van der Waals surface area contributed by atoms with Gasteiger partial charge in [-0.3, -0.25) is 0 Å². The predicted octanol–water partition coefficient (Wildman–Crippen LogP) is 1.59. The Morgan fingerprint density at radius 2 is 2.33 bits per heavy atom. The van der Waals surface area contributed by atoms with Crippen molar-refractivity contribution in [2.75, 3.05) is 26.8 Å². The summed E-state index contributed by atoms with van der Waals surface area (Å²) < 4.78 is 10.8. The van der Waals surface area contributed by atoms with Gasteiger partial charge in [0.05, 0.1) is 25.9 Å². The Balaban J connectivity index is 1.63. The summed E-state index contributed by atoms with van der Waals surface area (Å²) in [6, 6.07) is 8.52. The molecule has 1 saturated carbocycles. The lowest BCUT2D eigenvalue weighted by Gasteiger charge is -2.31. The molecule has 1 unspecified atom stereocenters. The molecule has 1 saturated heterocycles. The van der Waals surface area contributed by atoms with Crippen molar-refractivity contribution >= 4 is 5.96 Å². The molecule has 1 aromatic rings. The first kappa shape index (κ1) is 14.2. The third kappa shape index (κ3) is 3.29. The van der Waals surface area contributed by atoms with Gasteiger partial charge in [-0.1, -0.05) is 12.1 Å². The van der Waals surface area contributed by atoms with Crippen molar-refractivity contribution in [3.8, 4) is 5.75 Å². The number of nitrogens with zero attached hydrogens (tertiary/aromatic N) is 2. The average Bonchev–Trinajstić information content (AvgIpc) is 3.26. The third-order valence-electron chi connectivity index (χ3n) is 4.14. The molecule has 2 aliphatic rings. The van der Waals surface area contributed by atoms with Gasteiger partial charge in [0.25, 0.3) is 0 Å². The lowest BCUT2D eigenvalue weighted by Crippen LogP contribution is -2.48. The fourth-order valence-corrected chi connectivity index (χ4v) is 2.83. The van der Waals surface area contributed by atoms with Crippen LogP contribution in [0.2, 0.25) is 0 Å². The van der Waals surface area contributed by atoms with Crippen molar-refractivity contribution in [3.63, 3.8) is 0 Å². The SMILES string of the molecule is COc1cccc([C@@H]2C[C@H]2N=C(N)N2CCOC(C)C2)c1. The maximum absolute atomic E-state index is 6.14. The highest BCUT2D eigenvalue weighted by Gasteiger charge is 2.39. The van der Waals surface area contributed by atoms with E-state index < -0.39 is 0 Å². The third-order valence-corrected chi connectivity index (χ3v) is 4.14. The molecule has 3 rings (SSSR count). The van der Waals surface area contributed by atoms with Crippen molar-refractivity contribution in [1.29, 1.82) is 0 Å². The molecular formula is C16H23N3O2. The van der Waals surface area contributed by atoms with Crippen molar-refractivity contribution in [1.82, 2.24) is 4.90 Å². The zero-order chi connectivity index (χ0) is 14.8. The Kier molecular flexibility index (Phi) is 4.01. The van der Waals surface area contributed by atoms with Crippen LogP contribution in [0.3, 0.4) is 0 Å². The van der Waals surface area contributed by atoms with Crippen molar-refractivity contribution in [2.24, 2.45) is 10.7 Å². The zero-order valence-corrected chi connectivity index (χ0v) is 12.7. The number of methoxy groups -OCH3 is 1. The molecule has 21 heavy (non-hydrogen) atoms. The summed E-state index contributed by atoms with van der Waals surface area (Å²) >= 11 is 0. The average molecular weight is 289 g/mol. The standard InChI is InChI=1S/C16H23N3O2/c1-11-10-19(6-7-21-11)16(17)18-15-9-14(15)12-4-3-5-13(8-12)20-2/h3-5,8,11,14-15H,6-7,9-10H2,1-2H3,(H2,17,18)/t11?,14-,15+/m0/s1. The molecule has 1 heterocycles. The largest absolute Gasteiger partial charge is 0.497 e. The number of rotatable bonds is 3. The van der Waals surface area contributed by atoms with E-state index in [9.17, 15) is 0 Å². The van der Waals surface area contributed by atoms with E-state index in [2.05, 4.69) is 28.9 Å². The van der Waals surface area contributed by atoms with Crippen LogP contribution in [0.25, 0.3) is 0 Å². The Morgan fingerprint density at radius 3 is 3.10 bits per heavy atom. The minimum absolute atomic E-state index is 0.223. The smallest absolute Gasteiger partial charge is 0.191 e. The Morgan fingerprint density at radius 1 is 1.48 bits per heavy atom. The summed E-state index contributed by atoms with van der Waals surface area (Å²) in [5, 5.41) is 0. The number of hydrogen-bond donors (Lipinski definition) is 1. The summed E-state index contributed by atoms with van der Waals surface area (Å²) in [7, 11) is 1.69. The summed E-state index contributed by atoms with van der Waals surface area (Å²) in [5.74, 6) is 2.02. The normalized spacial score (nSPS) is 29.3. The monoisotopic (exact) mass is 289 g/mol. The molecule has 1 aliphatic carbocycles. The first-order valence-corrected chi connectivity index (χ1v) is 7.51. The highest BCUT2D eigenvalue weighted by Crippen LogP contribution is 2.44. The van der Waals surface area contributed by atoms with Gasteiger partial charge < -0.3 is 20.1 Å². The highest BCUT2D eigenvalue weighted by atomic mass is 16.5. The van der Waals surface area contributed by atoms with Crippen molar-refractivity contribution < 1.29 is 9.47 Å². The van der Waals surface area contributed by atoms with E-state index in [-0.39, 0.29) is 6.10 Å². The highest BCUT2D eigenvalue weighted by molar-refractivity contribution is 5.78. The second-order valence-corrected chi connectivity index (χ2v) is 5.80. The molecule has 114 valence electrons. The number of hydrogen-bond acceptors (Lipinski definition) is 3. The molecule has 1 aromatic carbocycles. The molecule has 0 bridgehead atoms. The lowest BCUT2D eigenvalue weighted by molar-refractivity contribution is 0.00528. The number of benzene rings is 1. The van der Waals surface area contributed by atoms with Gasteiger partial charge in [-0.15, -0.1) is 0 Å². The van der Waals surface area contributed by atoms with Gasteiger partial charge in [0, 0.05) is 19.0 Å². The van der Waals surface area contributed by atoms with Gasteiger partial charge in [0.1, 0.15) is 5.75 Å². The van der Waals surface area contributed by atoms with E-state index in [0.29, 0.717) is 17.9 Å². The van der Waals surface area contributed by atoms with Crippen molar-refractivity contribution in [3.05, 3.63) is 29.8 Å². The summed E-state index contributed by atoms with van der Waals surface area (Å²) in [6.07, 6.45) is 1.29. The second-order valence-electron chi connectivity index (χ2n) is 5.80. The van der Waals surface area contributed by atoms with Gasteiger partial charge >= 0.3 is 0 Å². The maximum Gasteiger partial charge on any atom is 0.191 e. The number of nitrogens with two attached hydrogens (primary N) is 1. The van der Waals surface area contributed by atoms with E-state index in [4.69, 9.17) is 15.2 Å². The molecule has 0 amide bonds. The summed E-state index contributed by atoms with van der Waals surface area (Å²) in [5.41, 5.74) is 7.43. The summed E-state index contributed by atoms with van der Waals surface area (Å²) in [6.45, 7) is 4.44. The number of aliphatic imine (C=N–C) groups is 1. The van der Waals surface area contributed by atoms with Crippen LogP contribution in [0.5, 0.6) is 5.75 Å². The maximum atomic E-state index is 6.14. The van der Waals surface area contributed by atoms with E-state index in [1.807, 2.05) is 12.1 Å². The van der Waals surface area contributed by atoms with Crippen LogP contribution in [-0.2, 0) is 4.74 Å². The Labute approximate surface area is 125 Å². The van der Waals surface area contributed by atoms with Crippen LogP contribution in [0.4, 0.5) is 0 Å². The topological polar surface area (TPSA) is 60.1 Å². The van der Waals surface area contributed by atoms with Crippen LogP contribution in [-0.4, -0.2) is 49.8 Å². The first-order chi connectivity index (χ1) is 10.2. The number of guanidine groups is 1. The molecule has 5 nitrogen and oxygen atoms in total. The number of ether oxygens (including phenoxy) is 2. The first-order valence-electron chi connectivity index (χ1n) is 7.51. The minimum Gasteiger partial charge on any atom is -0.497 e. The van der Waals surface area contributed by atoms with Crippen LogP contribution < -0.4 is 10.5 Å². The van der Waals surface area contributed by atoms with Gasteiger partial charge in [0.15, 0.2) is 5.96 Å². The molecule has 2 fully saturated rings.